The Morgan fingerprint density at radius 1 is 1.27 bits per heavy atom. The number of carbonyl (C=O) groups excluding carboxylic acids is 1. The third kappa shape index (κ3) is 2.95. The summed E-state index contributed by atoms with van der Waals surface area (Å²) in [5.74, 6) is -3.51. The summed E-state index contributed by atoms with van der Waals surface area (Å²) in [5.41, 5.74) is -2.19. The maximum absolute atomic E-state index is 16.7. The number of hydrogen-bond donors (Lipinski definition) is 2. The predicted molar refractivity (Wildman–Crippen MR) is 129 cm³/mol. The van der Waals surface area contributed by atoms with E-state index in [0.717, 1.165) is 12.8 Å². The third-order valence-corrected chi connectivity index (χ3v) is 9.52. The SMILES string of the molecule is CN(C(=O)/C=C/c1ccoc1)[C@@H]1CC[C@@]2(O)[C@H]3Cc4ccc(O)c5c4[C@]2([C@H]1O5)C(F)(F)CN3CC1CC1. The van der Waals surface area contributed by atoms with Crippen LogP contribution in [0.25, 0.3) is 6.08 Å². The third-order valence-electron chi connectivity index (χ3n) is 9.52. The molecule has 1 saturated heterocycles. The van der Waals surface area contributed by atoms with E-state index in [1.54, 1.807) is 30.2 Å². The average molecular weight is 513 g/mol. The number of benzene rings is 1. The largest absolute Gasteiger partial charge is 0.504 e. The second kappa shape index (κ2) is 7.57. The van der Waals surface area contributed by atoms with Crippen molar-refractivity contribution in [1.29, 1.82) is 0 Å². The first-order chi connectivity index (χ1) is 17.7. The highest BCUT2D eigenvalue weighted by Gasteiger charge is 2.83. The molecule has 1 aromatic heterocycles. The van der Waals surface area contributed by atoms with Crippen LogP contribution in [0.2, 0.25) is 0 Å². The standard InChI is InChI=1S/C28H30F2N2O5/c1-31(22(34)7-4-17-9-11-36-14-17)19-8-10-26(35)21-12-18-5-6-20(33)24-23(18)28(26,25(19)37-24)27(29,30)15-32(21)13-16-2-3-16/h4-7,9,11,14,16,19,21,25,33,35H,2-3,8,10,12-13,15H2,1H3/b7-4+/t19-,21-,25+,26-,28-/m1/s1. The summed E-state index contributed by atoms with van der Waals surface area (Å²) in [6.07, 6.45) is 7.68. The molecule has 5 aliphatic rings. The number of likely N-dealkylation sites (tertiary alicyclic amines) is 1. The number of halogens is 2. The lowest BCUT2D eigenvalue weighted by atomic mass is 9.46. The number of aromatic hydroxyl groups is 1. The minimum absolute atomic E-state index is 0.0244. The molecule has 3 aliphatic carbocycles. The van der Waals surface area contributed by atoms with Crippen molar-refractivity contribution in [3.63, 3.8) is 0 Å². The highest BCUT2D eigenvalue weighted by molar-refractivity contribution is 5.92. The van der Waals surface area contributed by atoms with Gasteiger partial charge in [-0.15, -0.1) is 0 Å². The second-order valence-electron chi connectivity index (χ2n) is 11.5. The number of nitrogens with zero attached hydrogens (tertiary/aromatic N) is 2. The van der Waals surface area contributed by atoms with Gasteiger partial charge in [0.05, 0.1) is 30.7 Å². The van der Waals surface area contributed by atoms with Gasteiger partial charge in [-0.1, -0.05) is 6.07 Å². The average Bonchev–Trinajstić information content (AvgIpc) is 3.35. The molecule has 2 aromatic rings. The summed E-state index contributed by atoms with van der Waals surface area (Å²) in [7, 11) is 1.58. The lowest BCUT2D eigenvalue weighted by molar-refractivity contribution is -0.288. The van der Waals surface area contributed by atoms with Crippen LogP contribution in [0.1, 0.15) is 42.4 Å². The predicted octanol–water partition coefficient (Wildman–Crippen LogP) is 3.33. The molecule has 2 aliphatic heterocycles. The quantitative estimate of drug-likeness (QED) is 0.598. The summed E-state index contributed by atoms with van der Waals surface area (Å²) < 4.78 is 44.8. The molecule has 2 saturated carbocycles. The van der Waals surface area contributed by atoms with Gasteiger partial charge in [0.1, 0.15) is 11.5 Å². The van der Waals surface area contributed by atoms with Crippen molar-refractivity contribution in [3.05, 3.63) is 53.5 Å². The molecule has 9 heteroatoms. The van der Waals surface area contributed by atoms with E-state index in [2.05, 4.69) is 0 Å². The van der Waals surface area contributed by atoms with Crippen LogP contribution in [0.3, 0.4) is 0 Å². The fourth-order valence-corrected chi connectivity index (χ4v) is 7.71. The van der Waals surface area contributed by atoms with E-state index in [4.69, 9.17) is 9.15 Å². The summed E-state index contributed by atoms with van der Waals surface area (Å²) in [6, 6.07) is 3.69. The van der Waals surface area contributed by atoms with Crippen molar-refractivity contribution in [3.8, 4) is 11.5 Å². The minimum atomic E-state index is -3.35. The molecule has 1 amide bonds. The molecule has 0 unspecified atom stereocenters. The lowest BCUT2D eigenvalue weighted by Gasteiger charge is -2.66. The van der Waals surface area contributed by atoms with Crippen LogP contribution in [0.15, 0.2) is 41.2 Å². The minimum Gasteiger partial charge on any atom is -0.504 e. The lowest BCUT2D eigenvalue weighted by Crippen LogP contribution is -2.84. The van der Waals surface area contributed by atoms with Crippen molar-refractivity contribution in [1.82, 2.24) is 9.80 Å². The Labute approximate surface area is 213 Å². The van der Waals surface area contributed by atoms with E-state index in [1.807, 2.05) is 0 Å². The summed E-state index contributed by atoms with van der Waals surface area (Å²) in [6.45, 7) is 0.0702. The van der Waals surface area contributed by atoms with E-state index in [-0.39, 0.29) is 29.4 Å². The summed E-state index contributed by atoms with van der Waals surface area (Å²) in [5, 5.41) is 23.1. The highest BCUT2D eigenvalue weighted by atomic mass is 19.3. The Hall–Kier alpha value is -2.91. The van der Waals surface area contributed by atoms with Crippen LogP contribution in [0.4, 0.5) is 8.78 Å². The molecule has 1 aromatic carbocycles. The van der Waals surface area contributed by atoms with Crippen LogP contribution < -0.4 is 4.74 Å². The monoisotopic (exact) mass is 512 g/mol. The van der Waals surface area contributed by atoms with Crippen molar-refractivity contribution >= 4 is 12.0 Å². The number of carbonyl (C=O) groups is 1. The Balaban J connectivity index is 1.34. The number of phenolic OH excluding ortho intramolecular Hbond substituents is 1. The number of piperidine rings is 1. The van der Waals surface area contributed by atoms with E-state index in [1.165, 1.54) is 29.6 Å². The summed E-state index contributed by atoms with van der Waals surface area (Å²) in [4.78, 5) is 16.4. The fraction of sp³-hybridized carbons (Fsp3) is 0.536. The second-order valence-corrected chi connectivity index (χ2v) is 11.5. The molecule has 0 radical (unpaired) electrons. The van der Waals surface area contributed by atoms with Crippen LogP contribution in [-0.4, -0.2) is 75.8 Å². The number of furan rings is 1. The molecule has 1 spiro atoms. The van der Waals surface area contributed by atoms with Crippen molar-refractivity contribution in [2.75, 3.05) is 20.1 Å². The molecule has 196 valence electrons. The van der Waals surface area contributed by atoms with Gasteiger partial charge in [-0.25, -0.2) is 8.78 Å². The maximum atomic E-state index is 16.7. The van der Waals surface area contributed by atoms with E-state index >= 15 is 8.78 Å². The van der Waals surface area contributed by atoms with Crippen molar-refractivity contribution < 1.29 is 32.9 Å². The number of amides is 1. The zero-order chi connectivity index (χ0) is 25.7. The first kappa shape index (κ1) is 23.2. The molecule has 3 fully saturated rings. The van der Waals surface area contributed by atoms with Gasteiger partial charge in [0.15, 0.2) is 11.5 Å². The van der Waals surface area contributed by atoms with Gasteiger partial charge < -0.3 is 24.3 Å². The smallest absolute Gasteiger partial charge is 0.276 e. The topological polar surface area (TPSA) is 86.4 Å². The van der Waals surface area contributed by atoms with E-state index in [9.17, 15) is 15.0 Å². The van der Waals surface area contributed by atoms with Crippen LogP contribution in [-0.2, 0) is 16.6 Å². The summed E-state index contributed by atoms with van der Waals surface area (Å²) >= 11 is 0. The number of hydrogen-bond acceptors (Lipinski definition) is 6. The van der Waals surface area contributed by atoms with Crippen LogP contribution >= 0.6 is 0 Å². The molecule has 2 N–H and O–H groups in total. The molecule has 3 heterocycles. The molecular weight excluding hydrogens is 482 g/mol. The molecule has 37 heavy (non-hydrogen) atoms. The van der Waals surface area contributed by atoms with Gasteiger partial charge in [-0.2, -0.15) is 0 Å². The number of likely N-dealkylation sites (N-methyl/N-ethyl adjacent to an activating group) is 1. The zero-order valence-corrected chi connectivity index (χ0v) is 20.6. The zero-order valence-electron chi connectivity index (χ0n) is 20.6. The molecular formula is C28H30F2N2O5. The van der Waals surface area contributed by atoms with Crippen LogP contribution in [0, 0.1) is 5.92 Å². The molecule has 5 atom stereocenters. The van der Waals surface area contributed by atoms with Crippen molar-refractivity contribution in [2.45, 2.75) is 67.2 Å². The van der Waals surface area contributed by atoms with E-state index in [0.29, 0.717) is 36.4 Å². The molecule has 7 nitrogen and oxygen atoms in total. The highest BCUT2D eigenvalue weighted by Crippen LogP contribution is 2.69. The van der Waals surface area contributed by atoms with Gasteiger partial charge >= 0.3 is 0 Å². The fourth-order valence-electron chi connectivity index (χ4n) is 7.71. The molecule has 7 rings (SSSR count). The van der Waals surface area contributed by atoms with Gasteiger partial charge in [-0.3, -0.25) is 9.69 Å². The number of ether oxygens (including phenoxy) is 1. The Bertz CT molecular complexity index is 1290. The normalized spacial score (nSPS) is 35.3. The first-order valence-electron chi connectivity index (χ1n) is 13.0. The van der Waals surface area contributed by atoms with Gasteiger partial charge in [0, 0.05) is 36.8 Å². The van der Waals surface area contributed by atoms with Gasteiger partial charge in [-0.05, 0) is 61.8 Å². The van der Waals surface area contributed by atoms with Gasteiger partial charge in [0.2, 0.25) is 5.91 Å². The van der Waals surface area contributed by atoms with Gasteiger partial charge in [0.25, 0.3) is 5.92 Å². The Morgan fingerprint density at radius 2 is 2.08 bits per heavy atom. The number of aliphatic hydroxyl groups is 1. The Kier molecular flexibility index (Phi) is 4.75. The van der Waals surface area contributed by atoms with Crippen LogP contribution in [0.5, 0.6) is 11.5 Å². The molecule has 2 bridgehead atoms. The Morgan fingerprint density at radius 3 is 2.81 bits per heavy atom. The number of phenols is 1. The number of rotatable bonds is 5. The van der Waals surface area contributed by atoms with Crippen molar-refractivity contribution in [2.24, 2.45) is 5.92 Å². The maximum Gasteiger partial charge on any atom is 0.276 e. The van der Waals surface area contributed by atoms with E-state index < -0.39 is 41.7 Å². The number of alkyl halides is 2. The first-order valence-corrected chi connectivity index (χ1v) is 13.0.